The Morgan fingerprint density at radius 1 is 0.979 bits per heavy atom. The van der Waals surface area contributed by atoms with Crippen molar-refractivity contribution < 1.29 is 37.0 Å². The molecule has 9 nitrogen and oxygen atoms in total. The lowest BCUT2D eigenvalue weighted by atomic mass is 9.81. The highest BCUT2D eigenvalue weighted by atomic mass is 32.2. The number of fused-ring (bicyclic) bond motifs is 2. The van der Waals surface area contributed by atoms with Gasteiger partial charge < -0.3 is 14.7 Å². The number of ether oxygens (including phenoxy) is 1. The molecule has 2 aromatic rings. The molecule has 2 aliphatic rings. The van der Waals surface area contributed by atoms with Gasteiger partial charge >= 0.3 is 5.97 Å². The number of aliphatic carboxylic acids is 1. The van der Waals surface area contributed by atoms with Crippen LogP contribution in [-0.2, 0) is 35.3 Å². The van der Waals surface area contributed by atoms with Crippen molar-refractivity contribution in [3.05, 3.63) is 101 Å². The Kier molecular flexibility index (Phi) is 11.6. The van der Waals surface area contributed by atoms with Crippen LogP contribution in [0.5, 0.6) is 0 Å². The smallest absolute Gasteiger partial charge is 0.303 e. The molecule has 4 rings (SSSR count). The van der Waals surface area contributed by atoms with Crippen molar-refractivity contribution in [1.29, 1.82) is 0 Å². The zero-order chi connectivity index (χ0) is 35.1. The van der Waals surface area contributed by atoms with Gasteiger partial charge in [-0.05, 0) is 69.9 Å². The molecule has 0 fully saturated rings. The van der Waals surface area contributed by atoms with E-state index in [0.717, 1.165) is 41.9 Å². The average molecular weight is 676 g/mol. The second kappa shape index (κ2) is 15.3. The van der Waals surface area contributed by atoms with Crippen molar-refractivity contribution in [2.24, 2.45) is 0 Å². The number of rotatable bonds is 16. The predicted molar refractivity (Wildman–Crippen MR) is 189 cm³/mol. The van der Waals surface area contributed by atoms with E-state index in [4.69, 9.17) is 9.84 Å². The molecule has 256 valence electrons. The summed E-state index contributed by atoms with van der Waals surface area (Å²) in [5, 5.41) is 9.09. The van der Waals surface area contributed by atoms with Gasteiger partial charge in [0.1, 0.15) is 6.54 Å². The Hall–Kier alpha value is -4.28. The minimum atomic E-state index is -4.37. The van der Waals surface area contributed by atoms with Crippen LogP contribution in [0, 0.1) is 0 Å². The first kappa shape index (κ1) is 36.6. The van der Waals surface area contributed by atoms with E-state index in [-0.39, 0.29) is 16.7 Å². The number of benzene rings is 2. The fraction of sp³-hybridized carbons (Fsp3) is 0.395. The average Bonchev–Trinajstić information content (AvgIpc) is 3.37. The Morgan fingerprint density at radius 3 is 2.44 bits per heavy atom. The van der Waals surface area contributed by atoms with E-state index in [1.807, 2.05) is 39.0 Å². The second-order valence-electron chi connectivity index (χ2n) is 13.3. The van der Waals surface area contributed by atoms with E-state index in [1.165, 1.54) is 29.1 Å². The zero-order valence-electron chi connectivity index (χ0n) is 28.5. The lowest BCUT2D eigenvalue weighted by Gasteiger charge is -2.27. The predicted octanol–water partition coefficient (Wildman–Crippen LogP) is 7.26. The molecule has 2 aromatic carbocycles. The highest BCUT2D eigenvalue weighted by Gasteiger charge is 2.44. The van der Waals surface area contributed by atoms with Gasteiger partial charge in [0.05, 0.1) is 16.9 Å². The van der Waals surface area contributed by atoms with E-state index >= 15 is 0 Å². The maximum Gasteiger partial charge on any atom is 0.303 e. The summed E-state index contributed by atoms with van der Waals surface area (Å²) in [5.74, 6) is -0.835. The van der Waals surface area contributed by atoms with E-state index in [9.17, 15) is 22.6 Å². The Labute approximate surface area is 284 Å². The molecule has 2 heterocycles. The van der Waals surface area contributed by atoms with Crippen molar-refractivity contribution in [1.82, 2.24) is 0 Å². The third-order valence-electron chi connectivity index (χ3n) is 9.17. The number of hydrogen-bond acceptors (Lipinski definition) is 6. The van der Waals surface area contributed by atoms with Crippen LogP contribution in [0.2, 0.25) is 0 Å². The SMILES string of the molecule is CC(/C=C/C=C1/N(CCCCC(=O)O)c2ccc(S(=O)(=O)O)cc2C1(C)C)=C\C=C\C1=[N+](CCCCOC=O)c2ccccc2C1(C)C. The van der Waals surface area contributed by atoms with Crippen LogP contribution < -0.4 is 4.90 Å². The summed E-state index contributed by atoms with van der Waals surface area (Å²) >= 11 is 0. The maximum absolute atomic E-state index is 11.9. The quantitative estimate of drug-likeness (QED) is 0.0627. The van der Waals surface area contributed by atoms with Crippen LogP contribution in [0.1, 0.15) is 77.8 Å². The standard InChI is InChI=1S/C38H46N2O7S/c1-28(14-12-18-34-37(2,3)30-16-6-7-17-32(30)39(34)24-10-11-25-47-27-41)15-13-19-35-38(4,5)31-26-29(48(44,45)46)21-22-33(31)40(35)23-9-8-20-36(42)43/h6-7,12-19,21-22,26-27H,8-11,20,23-25H2,1-5H3,(H-,42,43,44,45,46)/p+1. The highest BCUT2D eigenvalue weighted by Crippen LogP contribution is 2.48. The number of hydrogen-bond donors (Lipinski definition) is 2. The van der Waals surface area contributed by atoms with Gasteiger partial charge in [0.25, 0.3) is 16.6 Å². The van der Waals surface area contributed by atoms with Gasteiger partial charge in [0.2, 0.25) is 5.69 Å². The minimum absolute atomic E-state index is 0.0821. The van der Waals surface area contributed by atoms with Gasteiger partial charge in [-0.25, -0.2) is 0 Å². The molecular formula is C38H47N2O7S+. The van der Waals surface area contributed by atoms with Crippen molar-refractivity contribution in [2.75, 3.05) is 24.6 Å². The lowest BCUT2D eigenvalue weighted by molar-refractivity contribution is -0.438. The number of para-hydroxylation sites is 1. The first-order valence-corrected chi connectivity index (χ1v) is 17.8. The van der Waals surface area contributed by atoms with Crippen LogP contribution in [0.3, 0.4) is 0 Å². The van der Waals surface area contributed by atoms with Crippen LogP contribution >= 0.6 is 0 Å². The molecule has 0 unspecified atom stereocenters. The molecule has 2 aliphatic heterocycles. The van der Waals surface area contributed by atoms with Crippen LogP contribution in [-0.4, -0.2) is 60.5 Å². The molecule has 0 aromatic heterocycles. The van der Waals surface area contributed by atoms with E-state index < -0.39 is 21.5 Å². The van der Waals surface area contributed by atoms with Crippen molar-refractivity contribution >= 4 is 39.6 Å². The number of nitrogens with zero attached hydrogens (tertiary/aromatic N) is 2. The zero-order valence-corrected chi connectivity index (χ0v) is 29.3. The third kappa shape index (κ3) is 8.22. The molecule has 2 N–H and O–H groups in total. The number of carbonyl (C=O) groups excluding carboxylic acids is 1. The first-order chi connectivity index (χ1) is 22.7. The minimum Gasteiger partial charge on any atom is -0.481 e. The summed E-state index contributed by atoms with van der Waals surface area (Å²) in [6.07, 6.45) is 15.2. The van der Waals surface area contributed by atoms with Gasteiger partial charge in [0, 0.05) is 53.9 Å². The summed E-state index contributed by atoms with van der Waals surface area (Å²) in [6.45, 7) is 12.8. The second-order valence-corrected chi connectivity index (χ2v) is 14.7. The Balaban J connectivity index is 1.58. The van der Waals surface area contributed by atoms with E-state index in [1.54, 1.807) is 6.07 Å². The van der Waals surface area contributed by atoms with Crippen LogP contribution in [0.25, 0.3) is 0 Å². The topological polar surface area (TPSA) is 124 Å². The molecule has 0 spiro atoms. The molecule has 0 saturated carbocycles. The fourth-order valence-electron chi connectivity index (χ4n) is 6.63. The number of anilines is 1. The molecule has 0 radical (unpaired) electrons. The molecule has 10 heteroatoms. The summed E-state index contributed by atoms with van der Waals surface area (Å²) in [6, 6.07) is 13.1. The van der Waals surface area contributed by atoms with E-state index in [2.05, 4.69) is 65.8 Å². The molecule has 0 amide bonds. The molecule has 0 saturated heterocycles. The van der Waals surface area contributed by atoms with Crippen LogP contribution in [0.15, 0.2) is 95.1 Å². The molecule has 0 atom stereocenters. The number of carboxylic acid groups (broad SMARTS) is 1. The van der Waals surface area contributed by atoms with Crippen molar-refractivity contribution in [3.63, 3.8) is 0 Å². The number of allylic oxidation sites excluding steroid dienone is 8. The van der Waals surface area contributed by atoms with Gasteiger partial charge in [0.15, 0.2) is 5.71 Å². The normalized spacial score (nSPS) is 17.8. The molecule has 0 aliphatic carbocycles. The van der Waals surface area contributed by atoms with E-state index in [0.29, 0.717) is 32.5 Å². The van der Waals surface area contributed by atoms with Gasteiger partial charge in [-0.3, -0.25) is 14.1 Å². The fourth-order valence-corrected chi connectivity index (χ4v) is 7.13. The highest BCUT2D eigenvalue weighted by molar-refractivity contribution is 7.85. The summed E-state index contributed by atoms with van der Waals surface area (Å²) < 4.78 is 40.8. The van der Waals surface area contributed by atoms with Crippen LogP contribution in [0.4, 0.5) is 11.4 Å². The maximum atomic E-state index is 11.9. The largest absolute Gasteiger partial charge is 0.481 e. The van der Waals surface area contributed by atoms with Gasteiger partial charge in [-0.1, -0.05) is 61.9 Å². The van der Waals surface area contributed by atoms with Crippen molar-refractivity contribution in [2.45, 2.75) is 82.4 Å². The summed E-state index contributed by atoms with van der Waals surface area (Å²) in [5.41, 5.74) is 6.54. The Morgan fingerprint density at radius 2 is 1.73 bits per heavy atom. The van der Waals surface area contributed by atoms with Gasteiger partial charge in [-0.15, -0.1) is 0 Å². The molecule has 48 heavy (non-hydrogen) atoms. The van der Waals surface area contributed by atoms with Crippen molar-refractivity contribution in [3.8, 4) is 0 Å². The monoisotopic (exact) mass is 675 g/mol. The third-order valence-corrected chi connectivity index (χ3v) is 10.0. The lowest BCUT2D eigenvalue weighted by Crippen LogP contribution is -2.28. The molecular weight excluding hydrogens is 628 g/mol. The Bertz CT molecular complexity index is 1800. The summed E-state index contributed by atoms with van der Waals surface area (Å²) in [4.78, 5) is 23.6. The number of carboxylic acids is 1. The molecule has 0 bridgehead atoms. The van der Waals surface area contributed by atoms with Gasteiger partial charge in [-0.2, -0.15) is 13.0 Å². The first-order valence-electron chi connectivity index (χ1n) is 16.3. The summed E-state index contributed by atoms with van der Waals surface area (Å²) in [7, 11) is -4.37. The number of unbranched alkanes of at least 4 members (excludes halogenated alkanes) is 2. The number of carbonyl (C=O) groups is 2.